The number of sulfonamides is 1. The Labute approximate surface area is 176 Å². The molecule has 0 saturated heterocycles. The van der Waals surface area contributed by atoms with Crippen molar-refractivity contribution in [2.45, 2.75) is 24.3 Å². The molecule has 0 spiro atoms. The maximum absolute atomic E-state index is 12.3. The summed E-state index contributed by atoms with van der Waals surface area (Å²) in [6.45, 7) is 2.39. The number of hydrogen-bond donors (Lipinski definition) is 1. The monoisotopic (exact) mass is 440 g/mol. The lowest BCUT2D eigenvalue weighted by Gasteiger charge is -2.17. The van der Waals surface area contributed by atoms with Crippen molar-refractivity contribution in [3.63, 3.8) is 0 Å². The summed E-state index contributed by atoms with van der Waals surface area (Å²) < 4.78 is 36.5. The minimum absolute atomic E-state index is 0.188. The number of rotatable bonds is 10. The van der Waals surface area contributed by atoms with Crippen LogP contribution in [0.5, 0.6) is 11.5 Å². The molecule has 0 radical (unpaired) electrons. The van der Waals surface area contributed by atoms with Crippen molar-refractivity contribution >= 4 is 27.5 Å². The second-order valence-corrected chi connectivity index (χ2v) is 8.96. The molecular formula is C20H25ClN2O5S. The number of benzene rings is 2. The summed E-state index contributed by atoms with van der Waals surface area (Å²) in [5.74, 6) is 0.848. The van der Waals surface area contributed by atoms with E-state index in [-0.39, 0.29) is 24.0 Å². The van der Waals surface area contributed by atoms with Gasteiger partial charge in [0.2, 0.25) is 10.0 Å². The van der Waals surface area contributed by atoms with Gasteiger partial charge in [0.25, 0.3) is 5.91 Å². The van der Waals surface area contributed by atoms with Crippen LogP contribution in [0.15, 0.2) is 53.4 Å². The lowest BCUT2D eigenvalue weighted by Crippen LogP contribution is -2.39. The predicted octanol–water partition coefficient (Wildman–Crippen LogP) is 2.94. The van der Waals surface area contributed by atoms with Crippen LogP contribution in [0.3, 0.4) is 0 Å². The molecule has 1 atom stereocenters. The number of halogens is 1. The molecule has 0 bridgehead atoms. The number of nitrogens with zero attached hydrogens (tertiary/aromatic N) is 1. The minimum Gasteiger partial charge on any atom is -0.492 e. The van der Waals surface area contributed by atoms with Crippen molar-refractivity contribution in [3.8, 4) is 11.5 Å². The standard InChI is InChI=1S/C20H25ClN2O5S/c1-4-19(28-17-7-5-15(21)6-8-17)20(24)22-13-14-27-16-9-11-18(12-10-16)29(25,26)23(2)3/h5-12,19H,4,13-14H2,1-3H3,(H,22,24)/t19-/m0/s1. The van der Waals surface area contributed by atoms with Crippen LogP contribution in [-0.4, -0.2) is 52.0 Å². The molecule has 9 heteroatoms. The van der Waals surface area contributed by atoms with Crippen LogP contribution in [0.4, 0.5) is 0 Å². The molecule has 2 rings (SSSR count). The summed E-state index contributed by atoms with van der Waals surface area (Å²) in [5.41, 5.74) is 0. The first-order valence-electron chi connectivity index (χ1n) is 9.09. The van der Waals surface area contributed by atoms with Crippen molar-refractivity contribution in [1.82, 2.24) is 9.62 Å². The molecule has 2 aromatic rings. The summed E-state index contributed by atoms with van der Waals surface area (Å²) in [6.07, 6.45) is -0.108. The zero-order chi connectivity index (χ0) is 21.4. The predicted molar refractivity (Wildman–Crippen MR) is 112 cm³/mol. The van der Waals surface area contributed by atoms with E-state index in [4.69, 9.17) is 21.1 Å². The minimum atomic E-state index is -3.47. The molecule has 7 nitrogen and oxygen atoms in total. The number of nitrogens with one attached hydrogen (secondary N) is 1. The van der Waals surface area contributed by atoms with Crippen molar-refractivity contribution in [3.05, 3.63) is 53.6 Å². The van der Waals surface area contributed by atoms with Crippen LogP contribution in [0.1, 0.15) is 13.3 Å². The van der Waals surface area contributed by atoms with Crippen molar-refractivity contribution in [2.24, 2.45) is 0 Å². The molecule has 0 heterocycles. The Hall–Kier alpha value is -2.29. The van der Waals surface area contributed by atoms with E-state index >= 15 is 0 Å². The van der Waals surface area contributed by atoms with Crippen molar-refractivity contribution in [1.29, 1.82) is 0 Å². The van der Waals surface area contributed by atoms with Gasteiger partial charge in [0.15, 0.2) is 6.10 Å². The van der Waals surface area contributed by atoms with Crippen LogP contribution < -0.4 is 14.8 Å². The fraction of sp³-hybridized carbons (Fsp3) is 0.350. The topological polar surface area (TPSA) is 84.9 Å². The highest BCUT2D eigenvalue weighted by Crippen LogP contribution is 2.19. The normalized spacial score (nSPS) is 12.4. The molecule has 0 unspecified atom stereocenters. The molecular weight excluding hydrogens is 416 g/mol. The van der Waals surface area contributed by atoms with Crippen LogP contribution in [0.25, 0.3) is 0 Å². The highest BCUT2D eigenvalue weighted by atomic mass is 35.5. The fourth-order valence-corrected chi connectivity index (χ4v) is 3.40. The fourth-order valence-electron chi connectivity index (χ4n) is 2.38. The molecule has 1 N–H and O–H groups in total. The number of carbonyl (C=O) groups excluding carboxylic acids is 1. The molecule has 158 valence electrons. The second-order valence-electron chi connectivity index (χ2n) is 6.37. The van der Waals surface area contributed by atoms with E-state index in [1.165, 1.54) is 26.2 Å². The maximum atomic E-state index is 12.3. The molecule has 0 aliphatic heterocycles. The highest BCUT2D eigenvalue weighted by Gasteiger charge is 2.18. The maximum Gasteiger partial charge on any atom is 0.261 e. The SMILES string of the molecule is CC[C@H](Oc1ccc(Cl)cc1)C(=O)NCCOc1ccc(S(=O)(=O)N(C)C)cc1. The summed E-state index contributed by atoms with van der Waals surface area (Å²) in [7, 11) is -0.522. The van der Waals surface area contributed by atoms with Gasteiger partial charge >= 0.3 is 0 Å². The first-order chi connectivity index (χ1) is 13.7. The third kappa shape index (κ3) is 6.62. The average molecular weight is 441 g/mol. The molecule has 29 heavy (non-hydrogen) atoms. The van der Waals surface area contributed by atoms with Gasteiger partial charge in [0.1, 0.15) is 18.1 Å². The van der Waals surface area contributed by atoms with Gasteiger partial charge in [-0.15, -0.1) is 0 Å². The van der Waals surface area contributed by atoms with Gasteiger partial charge in [-0.25, -0.2) is 12.7 Å². The first-order valence-corrected chi connectivity index (χ1v) is 10.9. The number of hydrogen-bond acceptors (Lipinski definition) is 5. The Balaban J connectivity index is 1.80. The number of carbonyl (C=O) groups is 1. The lowest BCUT2D eigenvalue weighted by molar-refractivity contribution is -0.128. The molecule has 0 aromatic heterocycles. The second kappa shape index (κ2) is 10.5. The van der Waals surface area contributed by atoms with Gasteiger partial charge in [-0.05, 0) is 55.0 Å². The van der Waals surface area contributed by atoms with Gasteiger partial charge in [-0.1, -0.05) is 18.5 Å². The van der Waals surface area contributed by atoms with E-state index in [2.05, 4.69) is 5.32 Å². The van der Waals surface area contributed by atoms with Crippen LogP contribution in [0, 0.1) is 0 Å². The Morgan fingerprint density at radius 1 is 1.07 bits per heavy atom. The van der Waals surface area contributed by atoms with E-state index in [1.54, 1.807) is 36.4 Å². The Morgan fingerprint density at radius 2 is 1.66 bits per heavy atom. The van der Waals surface area contributed by atoms with Crippen LogP contribution in [-0.2, 0) is 14.8 Å². The molecule has 0 fully saturated rings. The van der Waals surface area contributed by atoms with Crippen LogP contribution >= 0.6 is 11.6 Å². The molecule has 0 saturated carbocycles. The van der Waals surface area contributed by atoms with Gasteiger partial charge < -0.3 is 14.8 Å². The quantitative estimate of drug-likeness (QED) is 0.574. The van der Waals surface area contributed by atoms with Crippen LogP contribution in [0.2, 0.25) is 5.02 Å². The van der Waals surface area contributed by atoms with Crippen molar-refractivity contribution in [2.75, 3.05) is 27.2 Å². The molecule has 0 aliphatic rings. The zero-order valence-electron chi connectivity index (χ0n) is 16.6. The average Bonchev–Trinajstić information content (AvgIpc) is 2.70. The Morgan fingerprint density at radius 3 is 2.21 bits per heavy atom. The van der Waals surface area contributed by atoms with Gasteiger partial charge in [-0.2, -0.15) is 0 Å². The number of amides is 1. The van der Waals surface area contributed by atoms with E-state index in [0.717, 1.165) is 4.31 Å². The third-order valence-electron chi connectivity index (χ3n) is 4.03. The van der Waals surface area contributed by atoms with E-state index in [9.17, 15) is 13.2 Å². The Kier molecular flexibility index (Phi) is 8.31. The summed E-state index contributed by atoms with van der Waals surface area (Å²) in [6, 6.07) is 12.9. The summed E-state index contributed by atoms with van der Waals surface area (Å²) in [4.78, 5) is 12.5. The van der Waals surface area contributed by atoms with E-state index in [0.29, 0.717) is 22.9 Å². The Bertz CT molecular complexity index is 899. The zero-order valence-corrected chi connectivity index (χ0v) is 18.2. The molecule has 2 aromatic carbocycles. The van der Waals surface area contributed by atoms with Gasteiger partial charge in [0, 0.05) is 19.1 Å². The highest BCUT2D eigenvalue weighted by molar-refractivity contribution is 7.89. The van der Waals surface area contributed by atoms with Crippen molar-refractivity contribution < 1.29 is 22.7 Å². The number of ether oxygens (including phenoxy) is 2. The largest absolute Gasteiger partial charge is 0.492 e. The lowest BCUT2D eigenvalue weighted by atomic mass is 10.2. The summed E-state index contributed by atoms with van der Waals surface area (Å²) >= 11 is 5.84. The molecule has 1 amide bonds. The first kappa shape index (κ1) is 23.0. The van der Waals surface area contributed by atoms with Gasteiger partial charge in [0.05, 0.1) is 11.4 Å². The smallest absolute Gasteiger partial charge is 0.261 e. The third-order valence-corrected chi connectivity index (χ3v) is 6.11. The van der Waals surface area contributed by atoms with E-state index in [1.807, 2.05) is 6.92 Å². The van der Waals surface area contributed by atoms with Gasteiger partial charge in [-0.3, -0.25) is 4.79 Å². The van der Waals surface area contributed by atoms with E-state index < -0.39 is 16.1 Å². The molecule has 0 aliphatic carbocycles. The summed E-state index contributed by atoms with van der Waals surface area (Å²) in [5, 5.41) is 3.37.